The van der Waals surface area contributed by atoms with Crippen LogP contribution in [0.1, 0.15) is 19.8 Å². The van der Waals surface area contributed by atoms with Gasteiger partial charge in [-0.25, -0.2) is 0 Å². The summed E-state index contributed by atoms with van der Waals surface area (Å²) < 4.78 is 10.8. The van der Waals surface area contributed by atoms with Crippen molar-refractivity contribution in [3.63, 3.8) is 0 Å². The first kappa shape index (κ1) is 15.8. The number of nitrogens with zero attached hydrogens (tertiary/aromatic N) is 1. The van der Waals surface area contributed by atoms with Crippen molar-refractivity contribution in [1.82, 2.24) is 4.90 Å². The van der Waals surface area contributed by atoms with Gasteiger partial charge < -0.3 is 19.7 Å². The fraction of sp³-hybridized carbons (Fsp3) is 0.562. The number of carbonyl (C=O) groups excluding carboxylic acids is 1. The number of ether oxygens (including phenoxy) is 2. The SMILES string of the molecule is CCOc1ccccc1NC(=O)CCN1CCC(OC)C1. The average Bonchev–Trinajstić information content (AvgIpc) is 2.95. The molecule has 1 amide bonds. The van der Waals surface area contributed by atoms with Crippen LogP contribution in [0.15, 0.2) is 24.3 Å². The van der Waals surface area contributed by atoms with Gasteiger partial charge in [0.2, 0.25) is 5.91 Å². The topological polar surface area (TPSA) is 50.8 Å². The van der Waals surface area contributed by atoms with Crippen LogP contribution in [-0.2, 0) is 9.53 Å². The third kappa shape index (κ3) is 4.72. The number of nitrogens with one attached hydrogen (secondary N) is 1. The zero-order chi connectivity index (χ0) is 15.1. The summed E-state index contributed by atoms with van der Waals surface area (Å²) in [6.45, 7) is 5.19. The number of hydrogen-bond donors (Lipinski definition) is 1. The Labute approximate surface area is 126 Å². The number of likely N-dealkylation sites (tertiary alicyclic amines) is 1. The predicted octanol–water partition coefficient (Wildman–Crippen LogP) is 2.13. The summed E-state index contributed by atoms with van der Waals surface area (Å²) in [6.07, 6.45) is 1.84. The van der Waals surface area contributed by atoms with Gasteiger partial charge in [-0.3, -0.25) is 4.79 Å². The first-order valence-corrected chi connectivity index (χ1v) is 7.49. The van der Waals surface area contributed by atoms with Gasteiger partial charge in [-0.05, 0) is 25.5 Å². The van der Waals surface area contributed by atoms with Gasteiger partial charge in [-0.2, -0.15) is 0 Å². The molecule has 0 saturated carbocycles. The number of anilines is 1. The van der Waals surface area contributed by atoms with Gasteiger partial charge in [0, 0.05) is 33.2 Å². The van der Waals surface area contributed by atoms with Crippen molar-refractivity contribution >= 4 is 11.6 Å². The Hall–Kier alpha value is -1.59. The van der Waals surface area contributed by atoms with Crippen LogP contribution in [-0.4, -0.2) is 50.3 Å². The molecule has 0 aromatic heterocycles. The van der Waals surface area contributed by atoms with Crippen LogP contribution in [0.4, 0.5) is 5.69 Å². The molecule has 0 radical (unpaired) electrons. The van der Waals surface area contributed by atoms with E-state index in [0.29, 0.717) is 24.9 Å². The van der Waals surface area contributed by atoms with Crippen molar-refractivity contribution in [2.45, 2.75) is 25.9 Å². The fourth-order valence-electron chi connectivity index (χ4n) is 2.52. The molecule has 1 fully saturated rings. The Kier molecular flexibility index (Phi) is 6.02. The minimum Gasteiger partial charge on any atom is -0.492 e. The quantitative estimate of drug-likeness (QED) is 0.836. The highest BCUT2D eigenvalue weighted by molar-refractivity contribution is 5.92. The van der Waals surface area contributed by atoms with E-state index in [1.165, 1.54) is 0 Å². The number of methoxy groups -OCH3 is 1. The van der Waals surface area contributed by atoms with Crippen molar-refractivity contribution in [1.29, 1.82) is 0 Å². The summed E-state index contributed by atoms with van der Waals surface area (Å²) in [7, 11) is 1.74. The second-order valence-electron chi connectivity index (χ2n) is 5.17. The molecule has 0 bridgehead atoms. The highest BCUT2D eigenvalue weighted by Crippen LogP contribution is 2.23. The number of carbonyl (C=O) groups is 1. The Morgan fingerprint density at radius 1 is 1.43 bits per heavy atom. The van der Waals surface area contributed by atoms with Crippen molar-refractivity contribution < 1.29 is 14.3 Å². The lowest BCUT2D eigenvalue weighted by atomic mass is 10.2. The molecule has 1 atom stereocenters. The lowest BCUT2D eigenvalue weighted by Crippen LogP contribution is -2.27. The van der Waals surface area contributed by atoms with Gasteiger partial charge in [-0.1, -0.05) is 12.1 Å². The number of para-hydroxylation sites is 2. The van der Waals surface area contributed by atoms with E-state index >= 15 is 0 Å². The third-order valence-corrected chi connectivity index (χ3v) is 3.68. The summed E-state index contributed by atoms with van der Waals surface area (Å²) >= 11 is 0. The molecule has 1 aromatic carbocycles. The van der Waals surface area contributed by atoms with E-state index in [1.54, 1.807) is 7.11 Å². The molecule has 0 spiro atoms. The van der Waals surface area contributed by atoms with Crippen LogP contribution in [0.5, 0.6) is 5.75 Å². The minimum absolute atomic E-state index is 0.0167. The number of amides is 1. The van der Waals surface area contributed by atoms with E-state index in [9.17, 15) is 4.79 Å². The monoisotopic (exact) mass is 292 g/mol. The lowest BCUT2D eigenvalue weighted by molar-refractivity contribution is -0.116. The van der Waals surface area contributed by atoms with E-state index in [1.807, 2.05) is 31.2 Å². The molecule has 2 rings (SSSR count). The Morgan fingerprint density at radius 2 is 2.24 bits per heavy atom. The highest BCUT2D eigenvalue weighted by Gasteiger charge is 2.22. The van der Waals surface area contributed by atoms with Crippen LogP contribution < -0.4 is 10.1 Å². The van der Waals surface area contributed by atoms with Gasteiger partial charge in [0.05, 0.1) is 18.4 Å². The molecule has 1 aliphatic rings. The van der Waals surface area contributed by atoms with Gasteiger partial charge in [0.25, 0.3) is 0 Å². The zero-order valence-electron chi connectivity index (χ0n) is 12.8. The number of benzene rings is 1. The predicted molar refractivity (Wildman–Crippen MR) is 82.7 cm³/mol. The highest BCUT2D eigenvalue weighted by atomic mass is 16.5. The second kappa shape index (κ2) is 8.00. The Balaban J connectivity index is 1.79. The maximum atomic E-state index is 12.1. The van der Waals surface area contributed by atoms with Crippen molar-refractivity contribution in [3.05, 3.63) is 24.3 Å². The zero-order valence-corrected chi connectivity index (χ0v) is 12.8. The maximum absolute atomic E-state index is 12.1. The van der Waals surface area contributed by atoms with Gasteiger partial charge >= 0.3 is 0 Å². The summed E-state index contributed by atoms with van der Waals surface area (Å²) in [4.78, 5) is 14.3. The molecule has 1 aliphatic heterocycles. The summed E-state index contributed by atoms with van der Waals surface area (Å²) in [6, 6.07) is 7.51. The Bertz CT molecular complexity index is 465. The van der Waals surface area contributed by atoms with Crippen LogP contribution in [0.2, 0.25) is 0 Å². The van der Waals surface area contributed by atoms with Gasteiger partial charge in [0.1, 0.15) is 5.75 Å². The standard InChI is InChI=1S/C16H24N2O3/c1-3-21-15-7-5-4-6-14(15)17-16(19)9-11-18-10-8-13(12-18)20-2/h4-7,13H,3,8-12H2,1-2H3,(H,17,19). The van der Waals surface area contributed by atoms with Crippen molar-refractivity contribution in [2.24, 2.45) is 0 Å². The van der Waals surface area contributed by atoms with Gasteiger partial charge in [0.15, 0.2) is 0 Å². The molecule has 5 heteroatoms. The molecular formula is C16H24N2O3. The van der Waals surface area contributed by atoms with Crippen LogP contribution in [0.25, 0.3) is 0 Å². The van der Waals surface area contributed by atoms with E-state index in [4.69, 9.17) is 9.47 Å². The second-order valence-corrected chi connectivity index (χ2v) is 5.17. The molecule has 1 N–H and O–H groups in total. The van der Waals surface area contributed by atoms with Gasteiger partial charge in [-0.15, -0.1) is 0 Å². The molecule has 1 unspecified atom stereocenters. The number of rotatable bonds is 7. The first-order valence-electron chi connectivity index (χ1n) is 7.49. The first-order chi connectivity index (χ1) is 10.2. The largest absolute Gasteiger partial charge is 0.492 e. The molecular weight excluding hydrogens is 268 g/mol. The average molecular weight is 292 g/mol. The van der Waals surface area contributed by atoms with Crippen molar-refractivity contribution in [2.75, 3.05) is 38.7 Å². The van der Waals surface area contributed by atoms with Crippen LogP contribution >= 0.6 is 0 Å². The minimum atomic E-state index is 0.0167. The summed E-state index contributed by atoms with van der Waals surface area (Å²) in [5.74, 6) is 0.733. The van der Waals surface area contributed by atoms with E-state index in [0.717, 1.165) is 31.7 Å². The molecule has 1 heterocycles. The smallest absolute Gasteiger partial charge is 0.225 e. The fourth-order valence-corrected chi connectivity index (χ4v) is 2.52. The van der Waals surface area contributed by atoms with E-state index in [-0.39, 0.29) is 5.91 Å². The third-order valence-electron chi connectivity index (χ3n) is 3.68. The van der Waals surface area contributed by atoms with E-state index in [2.05, 4.69) is 10.2 Å². The molecule has 21 heavy (non-hydrogen) atoms. The molecule has 5 nitrogen and oxygen atoms in total. The lowest BCUT2D eigenvalue weighted by Gasteiger charge is -2.16. The summed E-state index contributed by atoms with van der Waals surface area (Å²) in [5.41, 5.74) is 0.737. The molecule has 0 aliphatic carbocycles. The molecule has 1 aromatic rings. The maximum Gasteiger partial charge on any atom is 0.225 e. The van der Waals surface area contributed by atoms with Crippen LogP contribution in [0.3, 0.4) is 0 Å². The van der Waals surface area contributed by atoms with Crippen LogP contribution in [0, 0.1) is 0 Å². The summed E-state index contributed by atoms with van der Waals surface area (Å²) in [5, 5.41) is 2.92. The Morgan fingerprint density at radius 3 is 2.95 bits per heavy atom. The molecule has 116 valence electrons. The van der Waals surface area contributed by atoms with E-state index < -0.39 is 0 Å². The molecule has 1 saturated heterocycles. The number of hydrogen-bond acceptors (Lipinski definition) is 4. The normalized spacial score (nSPS) is 18.7. The van der Waals surface area contributed by atoms with Crippen molar-refractivity contribution in [3.8, 4) is 5.75 Å².